The molecule has 1 aromatic heterocycles. The molecule has 1 atom stereocenters. The van der Waals surface area contributed by atoms with Crippen molar-refractivity contribution >= 4 is 11.5 Å². The van der Waals surface area contributed by atoms with E-state index in [1.807, 2.05) is 6.92 Å². The van der Waals surface area contributed by atoms with Gasteiger partial charge in [0.2, 0.25) is 0 Å². The number of imidazole rings is 1. The molecular formula is C18H16F3N3O. The van der Waals surface area contributed by atoms with E-state index in [-0.39, 0.29) is 5.78 Å². The Balaban J connectivity index is 2.08. The number of benzene rings is 1. The molecule has 130 valence electrons. The lowest BCUT2D eigenvalue weighted by molar-refractivity contribution is -0.137. The summed E-state index contributed by atoms with van der Waals surface area (Å²) in [5, 5.41) is 0. The Hall–Kier alpha value is -2.70. The van der Waals surface area contributed by atoms with Crippen LogP contribution in [-0.2, 0) is 18.0 Å². The van der Waals surface area contributed by atoms with Crippen LogP contribution in [0.4, 0.5) is 13.2 Å². The molecule has 0 saturated heterocycles. The minimum absolute atomic E-state index is 0.123. The summed E-state index contributed by atoms with van der Waals surface area (Å²) in [5.74, 6) is -0.332. The van der Waals surface area contributed by atoms with Crippen LogP contribution in [0.2, 0.25) is 0 Å². The number of rotatable bonds is 3. The second kappa shape index (κ2) is 6.31. The third kappa shape index (κ3) is 3.14. The van der Waals surface area contributed by atoms with E-state index < -0.39 is 17.7 Å². The Labute approximate surface area is 142 Å². The molecule has 0 spiro atoms. The lowest BCUT2D eigenvalue weighted by Gasteiger charge is -2.22. The summed E-state index contributed by atoms with van der Waals surface area (Å²) in [6.07, 6.45) is 0.920. The number of Topliss-reactive ketones (excluding diaryl/α,β-unsaturated/α-hetero) is 1. The minimum atomic E-state index is -4.41. The first kappa shape index (κ1) is 17.1. The number of aliphatic imine (C=N–C) groups is 1. The summed E-state index contributed by atoms with van der Waals surface area (Å²) in [6.45, 7) is 1.86. The number of aryl methyl sites for hydroxylation is 1. The lowest BCUT2D eigenvalue weighted by atomic mass is 9.85. The first-order chi connectivity index (χ1) is 11.8. The van der Waals surface area contributed by atoms with Crippen LogP contribution in [0.5, 0.6) is 0 Å². The van der Waals surface area contributed by atoms with Crippen LogP contribution in [0, 0.1) is 0 Å². The second-order valence-corrected chi connectivity index (χ2v) is 5.79. The van der Waals surface area contributed by atoms with Crippen LogP contribution in [0.15, 0.2) is 53.4 Å². The fourth-order valence-corrected chi connectivity index (χ4v) is 2.83. The number of carbonyl (C=O) groups is 1. The number of halogens is 3. The minimum Gasteiger partial charge on any atom is -0.337 e. The molecule has 1 aliphatic heterocycles. The van der Waals surface area contributed by atoms with Gasteiger partial charge in [0.15, 0.2) is 5.78 Å². The molecule has 2 aromatic rings. The average Bonchev–Trinajstić information content (AvgIpc) is 2.99. The van der Waals surface area contributed by atoms with Gasteiger partial charge >= 0.3 is 6.18 Å². The molecule has 0 N–H and O–H groups in total. The van der Waals surface area contributed by atoms with Crippen LogP contribution >= 0.6 is 0 Å². The van der Waals surface area contributed by atoms with Crippen molar-refractivity contribution in [1.82, 2.24) is 9.55 Å². The molecule has 1 aromatic carbocycles. The van der Waals surface area contributed by atoms with Gasteiger partial charge in [-0.3, -0.25) is 9.79 Å². The van der Waals surface area contributed by atoms with E-state index in [2.05, 4.69) is 9.98 Å². The molecule has 2 heterocycles. The van der Waals surface area contributed by atoms with Crippen LogP contribution in [0.25, 0.3) is 0 Å². The summed E-state index contributed by atoms with van der Waals surface area (Å²) < 4.78 is 40.0. The van der Waals surface area contributed by atoms with Gasteiger partial charge in [0, 0.05) is 31.2 Å². The summed E-state index contributed by atoms with van der Waals surface area (Å²) in [6, 6.07) is 4.68. The molecule has 1 unspecified atom stereocenters. The first-order valence-corrected chi connectivity index (χ1v) is 7.78. The van der Waals surface area contributed by atoms with Gasteiger partial charge in [0.05, 0.1) is 11.3 Å². The molecule has 4 nitrogen and oxygen atoms in total. The summed E-state index contributed by atoms with van der Waals surface area (Å²) in [5.41, 5.74) is 0.715. The van der Waals surface area contributed by atoms with E-state index in [1.54, 1.807) is 24.0 Å². The normalized spacial score (nSPS) is 18.1. The lowest BCUT2D eigenvalue weighted by Crippen LogP contribution is -2.29. The van der Waals surface area contributed by atoms with Crippen molar-refractivity contribution in [2.75, 3.05) is 0 Å². The Kier molecular flexibility index (Phi) is 4.32. The number of aromatic nitrogens is 2. The summed E-state index contributed by atoms with van der Waals surface area (Å²) >= 11 is 0. The Morgan fingerprint density at radius 2 is 1.88 bits per heavy atom. The van der Waals surface area contributed by atoms with Gasteiger partial charge in [-0.2, -0.15) is 13.2 Å². The molecule has 0 aliphatic carbocycles. The van der Waals surface area contributed by atoms with Gasteiger partial charge in [-0.05, 0) is 24.1 Å². The predicted octanol–water partition coefficient (Wildman–Crippen LogP) is 3.89. The van der Waals surface area contributed by atoms with Crippen molar-refractivity contribution < 1.29 is 18.0 Å². The second-order valence-electron chi connectivity index (χ2n) is 5.79. The van der Waals surface area contributed by atoms with E-state index in [0.29, 0.717) is 29.1 Å². The largest absolute Gasteiger partial charge is 0.416 e. The molecule has 25 heavy (non-hydrogen) atoms. The standard InChI is InChI=1S/C18H16F3N3O/c1-3-11-10-23-15(12-4-6-13(7-5-12)18(19,20)21)14(16(11)25)17-22-8-9-24(17)2/h4-10,14H,3H2,1-2H3. The quantitative estimate of drug-likeness (QED) is 0.846. The number of hydrogen-bond acceptors (Lipinski definition) is 3. The van der Waals surface area contributed by atoms with Gasteiger partial charge in [-0.15, -0.1) is 0 Å². The third-order valence-corrected chi connectivity index (χ3v) is 4.22. The maximum Gasteiger partial charge on any atom is 0.416 e. The maximum atomic E-state index is 12.8. The van der Waals surface area contributed by atoms with E-state index >= 15 is 0 Å². The van der Waals surface area contributed by atoms with Crippen LogP contribution in [0.3, 0.4) is 0 Å². The number of hydrogen-bond donors (Lipinski definition) is 0. The fraction of sp³-hybridized carbons (Fsp3) is 0.278. The van der Waals surface area contributed by atoms with Crippen molar-refractivity contribution in [3.05, 3.63) is 65.4 Å². The van der Waals surface area contributed by atoms with Crippen molar-refractivity contribution in [2.45, 2.75) is 25.4 Å². The molecule has 7 heteroatoms. The molecular weight excluding hydrogens is 331 g/mol. The van der Waals surface area contributed by atoms with Crippen LogP contribution in [-0.4, -0.2) is 21.0 Å². The summed E-state index contributed by atoms with van der Waals surface area (Å²) in [4.78, 5) is 21.5. The molecule has 3 rings (SSSR count). The van der Waals surface area contributed by atoms with Crippen molar-refractivity contribution in [3.63, 3.8) is 0 Å². The van der Waals surface area contributed by atoms with Crippen LogP contribution in [0.1, 0.15) is 36.2 Å². The number of ketones is 1. The Morgan fingerprint density at radius 1 is 1.20 bits per heavy atom. The highest BCUT2D eigenvalue weighted by Crippen LogP contribution is 2.32. The summed E-state index contributed by atoms with van der Waals surface area (Å²) in [7, 11) is 1.77. The topological polar surface area (TPSA) is 47.2 Å². The number of allylic oxidation sites excluding steroid dienone is 1. The van der Waals surface area contributed by atoms with E-state index in [9.17, 15) is 18.0 Å². The Bertz CT molecular complexity index is 860. The van der Waals surface area contributed by atoms with E-state index in [4.69, 9.17) is 0 Å². The van der Waals surface area contributed by atoms with Crippen molar-refractivity contribution in [3.8, 4) is 0 Å². The Morgan fingerprint density at radius 3 is 2.40 bits per heavy atom. The highest BCUT2D eigenvalue weighted by Gasteiger charge is 2.35. The van der Waals surface area contributed by atoms with Crippen molar-refractivity contribution in [1.29, 1.82) is 0 Å². The monoisotopic (exact) mass is 347 g/mol. The number of carbonyl (C=O) groups excluding carboxylic acids is 1. The number of alkyl halides is 3. The van der Waals surface area contributed by atoms with Gasteiger partial charge < -0.3 is 4.57 Å². The SMILES string of the molecule is CCC1=CN=C(c2ccc(C(F)(F)F)cc2)C(c2nccn2C)C1=O. The number of nitrogens with zero attached hydrogens (tertiary/aromatic N) is 3. The van der Waals surface area contributed by atoms with Gasteiger partial charge in [-0.25, -0.2) is 4.98 Å². The average molecular weight is 347 g/mol. The smallest absolute Gasteiger partial charge is 0.337 e. The highest BCUT2D eigenvalue weighted by molar-refractivity contribution is 6.23. The van der Waals surface area contributed by atoms with Crippen molar-refractivity contribution in [2.24, 2.45) is 12.0 Å². The molecule has 0 bridgehead atoms. The maximum absolute atomic E-state index is 12.8. The fourth-order valence-electron chi connectivity index (χ4n) is 2.83. The molecule has 0 fully saturated rings. The molecule has 1 aliphatic rings. The third-order valence-electron chi connectivity index (χ3n) is 4.22. The highest BCUT2D eigenvalue weighted by atomic mass is 19.4. The first-order valence-electron chi connectivity index (χ1n) is 7.78. The zero-order chi connectivity index (χ0) is 18.2. The van der Waals surface area contributed by atoms with Gasteiger partial charge in [0.1, 0.15) is 11.7 Å². The molecule has 0 saturated carbocycles. The zero-order valence-corrected chi connectivity index (χ0v) is 13.7. The molecule has 0 radical (unpaired) electrons. The van der Waals surface area contributed by atoms with E-state index in [1.165, 1.54) is 18.3 Å². The van der Waals surface area contributed by atoms with Gasteiger partial charge in [0.25, 0.3) is 0 Å². The predicted molar refractivity (Wildman–Crippen MR) is 87.3 cm³/mol. The zero-order valence-electron chi connectivity index (χ0n) is 13.7. The van der Waals surface area contributed by atoms with Crippen LogP contribution < -0.4 is 0 Å². The van der Waals surface area contributed by atoms with Gasteiger partial charge in [-0.1, -0.05) is 19.1 Å². The molecule has 0 amide bonds. The van der Waals surface area contributed by atoms with E-state index in [0.717, 1.165) is 12.1 Å².